The fourth-order valence-corrected chi connectivity index (χ4v) is 1.84. The lowest BCUT2D eigenvalue weighted by molar-refractivity contribution is -0.121. The molecule has 1 rings (SSSR count). The Morgan fingerprint density at radius 3 is 2.42 bits per heavy atom. The van der Waals surface area contributed by atoms with Crippen molar-refractivity contribution in [2.75, 3.05) is 6.54 Å². The van der Waals surface area contributed by atoms with E-state index in [0.717, 1.165) is 24.9 Å². The van der Waals surface area contributed by atoms with Crippen LogP contribution >= 0.6 is 0 Å². The third-order valence-electron chi connectivity index (χ3n) is 2.98. The van der Waals surface area contributed by atoms with Crippen molar-refractivity contribution < 1.29 is 9.18 Å². The second kappa shape index (κ2) is 7.27. The van der Waals surface area contributed by atoms with Crippen LogP contribution in [0.3, 0.4) is 0 Å². The van der Waals surface area contributed by atoms with Gasteiger partial charge in [0.2, 0.25) is 5.91 Å². The normalized spacial score (nSPS) is 11.4. The van der Waals surface area contributed by atoms with Crippen LogP contribution in [0.15, 0.2) is 24.3 Å². The number of amides is 1. The number of carbonyl (C=O) groups excluding carboxylic acids is 1. The van der Waals surface area contributed by atoms with Gasteiger partial charge in [0.1, 0.15) is 5.82 Å². The van der Waals surface area contributed by atoms with Crippen LogP contribution in [0.1, 0.15) is 45.6 Å². The van der Waals surface area contributed by atoms with E-state index >= 15 is 0 Å². The van der Waals surface area contributed by atoms with Gasteiger partial charge in [0.15, 0.2) is 0 Å². The first-order valence-electron chi connectivity index (χ1n) is 6.88. The van der Waals surface area contributed by atoms with Crippen LogP contribution in [0.2, 0.25) is 0 Å². The Kier molecular flexibility index (Phi) is 6.00. The summed E-state index contributed by atoms with van der Waals surface area (Å²) in [6.07, 6.45) is 3.23. The molecule has 1 aromatic rings. The molecule has 0 aliphatic rings. The standard InChI is InChI=1S/C16H24FNO/c1-16(2,3)11-4-12-18-15(19)10-7-13-5-8-14(17)9-6-13/h5-6,8-9H,4,7,10-12H2,1-3H3,(H,18,19). The predicted molar refractivity (Wildman–Crippen MR) is 76.4 cm³/mol. The topological polar surface area (TPSA) is 29.1 Å². The fraction of sp³-hybridized carbons (Fsp3) is 0.562. The summed E-state index contributed by atoms with van der Waals surface area (Å²) in [6, 6.07) is 6.30. The van der Waals surface area contributed by atoms with Gasteiger partial charge >= 0.3 is 0 Å². The molecule has 0 unspecified atom stereocenters. The molecule has 0 bridgehead atoms. The van der Waals surface area contributed by atoms with Crippen LogP contribution in [0, 0.1) is 11.2 Å². The van der Waals surface area contributed by atoms with Crippen LogP contribution in [-0.4, -0.2) is 12.5 Å². The van der Waals surface area contributed by atoms with E-state index in [1.54, 1.807) is 12.1 Å². The fourth-order valence-electron chi connectivity index (χ4n) is 1.84. The molecule has 3 heteroatoms. The maximum absolute atomic E-state index is 12.7. The molecule has 0 saturated carbocycles. The van der Waals surface area contributed by atoms with E-state index in [9.17, 15) is 9.18 Å². The summed E-state index contributed by atoms with van der Waals surface area (Å²) in [5.74, 6) is -0.173. The van der Waals surface area contributed by atoms with Gasteiger partial charge in [-0.2, -0.15) is 0 Å². The highest BCUT2D eigenvalue weighted by Gasteiger charge is 2.09. The van der Waals surface area contributed by atoms with E-state index in [0.29, 0.717) is 18.3 Å². The molecule has 0 fully saturated rings. The molecule has 0 aromatic heterocycles. The van der Waals surface area contributed by atoms with Gasteiger partial charge in [0, 0.05) is 13.0 Å². The summed E-state index contributed by atoms with van der Waals surface area (Å²) in [7, 11) is 0. The van der Waals surface area contributed by atoms with E-state index in [4.69, 9.17) is 0 Å². The first-order chi connectivity index (χ1) is 8.87. The number of hydrogen-bond donors (Lipinski definition) is 1. The molecule has 0 heterocycles. The zero-order valence-corrected chi connectivity index (χ0v) is 12.1. The SMILES string of the molecule is CC(C)(C)CCCNC(=O)CCc1ccc(F)cc1. The van der Waals surface area contributed by atoms with Gasteiger partial charge in [-0.15, -0.1) is 0 Å². The monoisotopic (exact) mass is 265 g/mol. The minimum Gasteiger partial charge on any atom is -0.356 e. The highest BCUT2D eigenvalue weighted by Crippen LogP contribution is 2.19. The van der Waals surface area contributed by atoms with Crippen molar-refractivity contribution in [3.8, 4) is 0 Å². The minimum atomic E-state index is -0.240. The van der Waals surface area contributed by atoms with Gasteiger partial charge in [0.05, 0.1) is 0 Å². The molecular formula is C16H24FNO. The van der Waals surface area contributed by atoms with Crippen LogP contribution < -0.4 is 5.32 Å². The Bertz CT molecular complexity index is 392. The zero-order chi connectivity index (χ0) is 14.3. The van der Waals surface area contributed by atoms with Crippen LogP contribution in [0.5, 0.6) is 0 Å². The zero-order valence-electron chi connectivity index (χ0n) is 12.1. The van der Waals surface area contributed by atoms with Crippen molar-refractivity contribution in [3.05, 3.63) is 35.6 Å². The van der Waals surface area contributed by atoms with Crippen molar-refractivity contribution in [2.24, 2.45) is 5.41 Å². The van der Waals surface area contributed by atoms with E-state index in [2.05, 4.69) is 26.1 Å². The van der Waals surface area contributed by atoms with Crippen LogP contribution in [0.25, 0.3) is 0 Å². The molecule has 1 N–H and O–H groups in total. The van der Waals surface area contributed by atoms with Gasteiger partial charge in [-0.1, -0.05) is 32.9 Å². The number of benzene rings is 1. The van der Waals surface area contributed by atoms with E-state index in [-0.39, 0.29) is 11.7 Å². The number of rotatable bonds is 6. The minimum absolute atomic E-state index is 0.0678. The molecule has 0 radical (unpaired) electrons. The number of hydrogen-bond acceptors (Lipinski definition) is 1. The van der Waals surface area contributed by atoms with Crippen molar-refractivity contribution >= 4 is 5.91 Å². The molecular weight excluding hydrogens is 241 g/mol. The third kappa shape index (κ3) is 7.60. The molecule has 1 aromatic carbocycles. The molecule has 0 aliphatic carbocycles. The van der Waals surface area contributed by atoms with E-state index in [1.807, 2.05) is 0 Å². The lowest BCUT2D eigenvalue weighted by atomic mass is 9.91. The maximum atomic E-state index is 12.7. The predicted octanol–water partition coefficient (Wildman–Crippen LogP) is 3.70. The summed E-state index contributed by atoms with van der Waals surface area (Å²) in [5, 5.41) is 2.92. The Hall–Kier alpha value is -1.38. The summed E-state index contributed by atoms with van der Waals surface area (Å²) < 4.78 is 12.7. The molecule has 0 spiro atoms. The van der Waals surface area contributed by atoms with Crippen LogP contribution in [0.4, 0.5) is 4.39 Å². The number of aryl methyl sites for hydroxylation is 1. The lowest BCUT2D eigenvalue weighted by Gasteiger charge is -2.17. The second-order valence-electron chi connectivity index (χ2n) is 6.14. The van der Waals surface area contributed by atoms with Crippen molar-refractivity contribution in [1.82, 2.24) is 5.32 Å². The summed E-state index contributed by atoms with van der Waals surface area (Å²) in [4.78, 5) is 11.6. The van der Waals surface area contributed by atoms with Crippen LogP contribution in [-0.2, 0) is 11.2 Å². The molecule has 1 amide bonds. The summed E-state index contributed by atoms with van der Waals surface area (Å²) in [5.41, 5.74) is 1.31. The maximum Gasteiger partial charge on any atom is 0.220 e. The van der Waals surface area contributed by atoms with Crippen molar-refractivity contribution in [2.45, 2.75) is 46.5 Å². The highest BCUT2D eigenvalue weighted by molar-refractivity contribution is 5.76. The Balaban J connectivity index is 2.16. The molecule has 0 aliphatic heterocycles. The first kappa shape index (κ1) is 15.7. The number of nitrogens with one attached hydrogen (secondary N) is 1. The lowest BCUT2D eigenvalue weighted by Crippen LogP contribution is -2.25. The Morgan fingerprint density at radius 1 is 1.21 bits per heavy atom. The van der Waals surface area contributed by atoms with E-state index in [1.165, 1.54) is 12.1 Å². The average molecular weight is 265 g/mol. The molecule has 19 heavy (non-hydrogen) atoms. The van der Waals surface area contributed by atoms with Gasteiger partial charge in [0.25, 0.3) is 0 Å². The number of halogens is 1. The first-order valence-corrected chi connectivity index (χ1v) is 6.88. The molecule has 0 atom stereocenters. The van der Waals surface area contributed by atoms with Crippen molar-refractivity contribution in [3.63, 3.8) is 0 Å². The number of carbonyl (C=O) groups is 1. The highest BCUT2D eigenvalue weighted by atomic mass is 19.1. The van der Waals surface area contributed by atoms with Gasteiger partial charge in [-0.05, 0) is 42.4 Å². The quantitative estimate of drug-likeness (QED) is 0.781. The van der Waals surface area contributed by atoms with E-state index < -0.39 is 0 Å². The second-order valence-corrected chi connectivity index (χ2v) is 6.14. The van der Waals surface area contributed by atoms with Gasteiger partial charge in [-0.3, -0.25) is 4.79 Å². The molecule has 0 saturated heterocycles. The summed E-state index contributed by atoms with van der Waals surface area (Å²) in [6.45, 7) is 7.33. The van der Waals surface area contributed by atoms with Gasteiger partial charge in [-0.25, -0.2) is 4.39 Å². The third-order valence-corrected chi connectivity index (χ3v) is 2.98. The average Bonchev–Trinajstić information content (AvgIpc) is 2.33. The molecule has 106 valence electrons. The Morgan fingerprint density at radius 2 is 1.84 bits per heavy atom. The summed E-state index contributed by atoms with van der Waals surface area (Å²) >= 11 is 0. The smallest absolute Gasteiger partial charge is 0.220 e. The van der Waals surface area contributed by atoms with Gasteiger partial charge < -0.3 is 5.32 Å². The largest absolute Gasteiger partial charge is 0.356 e. The Labute approximate surface area is 115 Å². The van der Waals surface area contributed by atoms with Crippen molar-refractivity contribution in [1.29, 1.82) is 0 Å². The molecule has 2 nitrogen and oxygen atoms in total.